The maximum Gasteiger partial charge on any atom is 0.306 e. The molecule has 1 saturated heterocycles. The highest BCUT2D eigenvalue weighted by Gasteiger charge is 2.31. The monoisotopic (exact) mass is 422 g/mol. The molecule has 10 heteroatoms. The minimum absolute atomic E-state index is 0.193. The van der Waals surface area contributed by atoms with Crippen LogP contribution in [-0.2, 0) is 24.3 Å². The average molecular weight is 423 g/mol. The molecule has 0 aromatic carbocycles. The minimum Gasteiger partial charge on any atom is -0.456 e. The second kappa shape index (κ2) is 8.24. The molecule has 0 atom stereocenters. The fraction of sp³-hybridized carbons (Fsp3) is 0.625. The lowest BCUT2D eigenvalue weighted by Crippen LogP contribution is -2.51. The normalized spacial score (nSPS) is 16.5. The molecule has 0 bridgehead atoms. The number of esters is 1. The van der Waals surface area contributed by atoms with Crippen LogP contribution < -0.4 is 0 Å². The van der Waals surface area contributed by atoms with Gasteiger partial charge in [-0.15, -0.1) is 11.3 Å². The van der Waals surface area contributed by atoms with Crippen LogP contribution in [0.2, 0.25) is 4.34 Å². The first-order valence-corrected chi connectivity index (χ1v) is 10.8. The third kappa shape index (κ3) is 5.67. The van der Waals surface area contributed by atoms with Crippen LogP contribution in [-0.4, -0.2) is 62.3 Å². The fourth-order valence-electron chi connectivity index (χ4n) is 2.46. The standard InChI is InChI=1S/C16H23ClN2O5S2/c1-16(2,3)10-14(21)24-11-13(20)18-6-8-19(9-7-18)26(22,23)15-5-4-12(17)25-15/h4-5H,6-11H2,1-3H3. The van der Waals surface area contributed by atoms with Crippen molar-refractivity contribution in [3.05, 3.63) is 16.5 Å². The summed E-state index contributed by atoms with van der Waals surface area (Å²) in [5.41, 5.74) is -0.204. The van der Waals surface area contributed by atoms with Crippen LogP contribution in [0.25, 0.3) is 0 Å². The number of ether oxygens (including phenoxy) is 1. The molecular formula is C16H23ClN2O5S2. The van der Waals surface area contributed by atoms with Crippen molar-refractivity contribution in [1.29, 1.82) is 0 Å². The van der Waals surface area contributed by atoms with E-state index in [4.69, 9.17) is 16.3 Å². The van der Waals surface area contributed by atoms with Crippen molar-refractivity contribution in [2.24, 2.45) is 5.41 Å². The number of carbonyl (C=O) groups excluding carboxylic acids is 2. The van der Waals surface area contributed by atoms with Gasteiger partial charge in [-0.25, -0.2) is 8.42 Å². The van der Waals surface area contributed by atoms with Gasteiger partial charge < -0.3 is 9.64 Å². The summed E-state index contributed by atoms with van der Waals surface area (Å²) in [6.07, 6.45) is 0.232. The fourth-order valence-corrected chi connectivity index (χ4v) is 5.52. The van der Waals surface area contributed by atoms with Crippen LogP contribution in [0.15, 0.2) is 16.3 Å². The van der Waals surface area contributed by atoms with E-state index >= 15 is 0 Å². The second-order valence-corrected chi connectivity index (χ2v) is 11.1. The maximum atomic E-state index is 12.5. The van der Waals surface area contributed by atoms with E-state index in [0.717, 1.165) is 11.3 Å². The molecule has 1 aliphatic heterocycles. The Morgan fingerprint density at radius 1 is 1.19 bits per heavy atom. The average Bonchev–Trinajstić information content (AvgIpc) is 2.98. The second-order valence-electron chi connectivity index (χ2n) is 7.24. The summed E-state index contributed by atoms with van der Waals surface area (Å²) in [5, 5.41) is 0. The summed E-state index contributed by atoms with van der Waals surface area (Å²) in [7, 11) is -3.59. The summed E-state index contributed by atoms with van der Waals surface area (Å²) in [6, 6.07) is 3.03. The first kappa shape index (κ1) is 21.1. The lowest BCUT2D eigenvalue weighted by atomic mass is 9.92. The highest BCUT2D eigenvalue weighted by atomic mass is 35.5. The highest BCUT2D eigenvalue weighted by Crippen LogP contribution is 2.28. The summed E-state index contributed by atoms with van der Waals surface area (Å²) < 4.78 is 32.0. The van der Waals surface area contributed by atoms with Gasteiger partial charge in [0, 0.05) is 26.2 Å². The molecule has 1 fully saturated rings. The lowest BCUT2D eigenvalue weighted by molar-refractivity contribution is -0.154. The Bertz CT molecular complexity index is 762. The van der Waals surface area contributed by atoms with Crippen LogP contribution in [0.5, 0.6) is 0 Å². The zero-order valence-electron chi connectivity index (χ0n) is 15.0. The van der Waals surface area contributed by atoms with Crippen molar-refractivity contribution in [3.8, 4) is 0 Å². The van der Waals surface area contributed by atoms with E-state index in [1.54, 1.807) is 6.07 Å². The predicted octanol–water partition coefficient (Wildman–Crippen LogP) is 2.21. The Balaban J connectivity index is 1.84. The largest absolute Gasteiger partial charge is 0.456 e. The van der Waals surface area contributed by atoms with Crippen molar-refractivity contribution in [2.75, 3.05) is 32.8 Å². The number of carbonyl (C=O) groups is 2. The molecule has 2 heterocycles. The van der Waals surface area contributed by atoms with E-state index in [1.807, 2.05) is 20.8 Å². The van der Waals surface area contributed by atoms with Crippen molar-refractivity contribution >= 4 is 44.8 Å². The van der Waals surface area contributed by atoms with Crippen LogP contribution >= 0.6 is 22.9 Å². The Morgan fingerprint density at radius 2 is 1.81 bits per heavy atom. The molecule has 0 saturated carbocycles. The van der Waals surface area contributed by atoms with Crippen molar-refractivity contribution in [3.63, 3.8) is 0 Å². The number of amides is 1. The molecule has 7 nitrogen and oxygen atoms in total. The van der Waals surface area contributed by atoms with E-state index in [-0.39, 0.29) is 54.7 Å². The van der Waals surface area contributed by atoms with Gasteiger partial charge in [-0.2, -0.15) is 4.31 Å². The SMILES string of the molecule is CC(C)(C)CC(=O)OCC(=O)N1CCN(S(=O)(=O)c2ccc(Cl)s2)CC1. The Morgan fingerprint density at radius 3 is 2.31 bits per heavy atom. The summed E-state index contributed by atoms with van der Waals surface area (Å²) in [6.45, 7) is 6.33. The van der Waals surface area contributed by atoms with Gasteiger partial charge in [0.1, 0.15) is 4.21 Å². The Hall–Kier alpha value is -1.16. The number of sulfonamides is 1. The van der Waals surface area contributed by atoms with Crippen LogP contribution in [0, 0.1) is 5.41 Å². The predicted molar refractivity (Wildman–Crippen MR) is 99.7 cm³/mol. The van der Waals surface area contributed by atoms with Crippen LogP contribution in [0.1, 0.15) is 27.2 Å². The van der Waals surface area contributed by atoms with Gasteiger partial charge in [-0.3, -0.25) is 9.59 Å². The number of piperazine rings is 1. The number of hydrogen-bond donors (Lipinski definition) is 0. The molecule has 0 aliphatic carbocycles. The van der Waals surface area contributed by atoms with Gasteiger partial charge in [-0.1, -0.05) is 32.4 Å². The molecule has 1 aromatic heterocycles. The van der Waals surface area contributed by atoms with Gasteiger partial charge >= 0.3 is 5.97 Å². The van der Waals surface area contributed by atoms with Crippen molar-refractivity contribution in [1.82, 2.24) is 9.21 Å². The van der Waals surface area contributed by atoms with Gasteiger partial charge in [0.15, 0.2) is 6.61 Å². The number of rotatable bonds is 5. The van der Waals surface area contributed by atoms with E-state index in [9.17, 15) is 18.0 Å². The molecule has 0 spiro atoms. The van der Waals surface area contributed by atoms with Gasteiger partial charge in [-0.05, 0) is 17.5 Å². The Labute approximate surface area is 162 Å². The molecule has 1 aromatic rings. The summed E-state index contributed by atoms with van der Waals surface area (Å²) in [4.78, 5) is 25.4. The third-order valence-corrected chi connectivity index (χ3v) is 7.36. The number of halogens is 1. The van der Waals surface area contributed by atoms with E-state index < -0.39 is 16.0 Å². The zero-order valence-corrected chi connectivity index (χ0v) is 17.4. The van der Waals surface area contributed by atoms with E-state index in [0.29, 0.717) is 4.34 Å². The first-order valence-electron chi connectivity index (χ1n) is 8.18. The topological polar surface area (TPSA) is 84.0 Å². The number of thiophene rings is 1. The Kier molecular flexibility index (Phi) is 6.70. The van der Waals surface area contributed by atoms with E-state index in [1.165, 1.54) is 15.3 Å². The zero-order chi connectivity index (χ0) is 19.5. The van der Waals surface area contributed by atoms with Crippen molar-refractivity contribution in [2.45, 2.75) is 31.4 Å². The molecule has 146 valence electrons. The van der Waals surface area contributed by atoms with Gasteiger partial charge in [0.05, 0.1) is 10.8 Å². The minimum atomic E-state index is -3.59. The molecule has 0 N–H and O–H groups in total. The highest BCUT2D eigenvalue weighted by molar-refractivity contribution is 7.91. The van der Waals surface area contributed by atoms with Crippen LogP contribution in [0.3, 0.4) is 0 Å². The van der Waals surface area contributed by atoms with Gasteiger partial charge in [0.2, 0.25) is 0 Å². The lowest BCUT2D eigenvalue weighted by Gasteiger charge is -2.33. The quantitative estimate of drug-likeness (QED) is 0.679. The molecule has 0 radical (unpaired) electrons. The maximum absolute atomic E-state index is 12.5. The first-order chi connectivity index (χ1) is 12.0. The number of nitrogens with zero attached hydrogens (tertiary/aromatic N) is 2. The van der Waals surface area contributed by atoms with E-state index in [2.05, 4.69) is 0 Å². The van der Waals surface area contributed by atoms with Gasteiger partial charge in [0.25, 0.3) is 15.9 Å². The van der Waals surface area contributed by atoms with Crippen LogP contribution in [0.4, 0.5) is 0 Å². The molecule has 26 heavy (non-hydrogen) atoms. The smallest absolute Gasteiger partial charge is 0.306 e. The molecule has 2 rings (SSSR count). The summed E-state index contributed by atoms with van der Waals surface area (Å²) in [5.74, 6) is -0.731. The van der Waals surface area contributed by atoms with Crippen molar-refractivity contribution < 1.29 is 22.7 Å². The molecule has 1 aliphatic rings. The molecular weight excluding hydrogens is 400 g/mol. The molecule has 0 unspecified atom stereocenters. The third-order valence-electron chi connectivity index (χ3n) is 3.77. The molecule has 1 amide bonds. The number of hydrogen-bond acceptors (Lipinski definition) is 6. The summed E-state index contributed by atoms with van der Waals surface area (Å²) >= 11 is 6.82.